The van der Waals surface area contributed by atoms with Crippen molar-refractivity contribution in [2.75, 3.05) is 26.3 Å². The SMILES string of the molecule is NCC(O)COc1ccc(Cc2ccc(OCC(O)CN)cc2)cc1. The summed E-state index contributed by atoms with van der Waals surface area (Å²) in [5.74, 6) is 1.41. The molecule has 2 aromatic rings. The minimum absolute atomic E-state index is 0.184. The van der Waals surface area contributed by atoms with E-state index in [1.54, 1.807) is 0 Å². The van der Waals surface area contributed by atoms with Crippen molar-refractivity contribution < 1.29 is 19.7 Å². The van der Waals surface area contributed by atoms with E-state index in [0.29, 0.717) is 11.5 Å². The van der Waals surface area contributed by atoms with Crippen LogP contribution in [0.15, 0.2) is 48.5 Å². The van der Waals surface area contributed by atoms with Crippen molar-refractivity contribution in [1.82, 2.24) is 0 Å². The summed E-state index contributed by atoms with van der Waals surface area (Å²) in [6.45, 7) is 0.748. The lowest BCUT2D eigenvalue weighted by atomic mass is 10.0. The summed E-state index contributed by atoms with van der Waals surface area (Å²) < 4.78 is 10.9. The lowest BCUT2D eigenvalue weighted by Crippen LogP contribution is -2.26. The maximum Gasteiger partial charge on any atom is 0.119 e. The second-order valence-electron chi connectivity index (χ2n) is 5.87. The van der Waals surface area contributed by atoms with Gasteiger partial charge in [0.1, 0.15) is 36.9 Å². The van der Waals surface area contributed by atoms with Gasteiger partial charge < -0.3 is 31.2 Å². The topological polar surface area (TPSA) is 111 Å². The monoisotopic (exact) mass is 346 g/mol. The Balaban J connectivity index is 1.85. The van der Waals surface area contributed by atoms with E-state index in [2.05, 4.69) is 0 Å². The van der Waals surface area contributed by atoms with Crippen LogP contribution in [-0.4, -0.2) is 48.7 Å². The Morgan fingerprint density at radius 1 is 0.680 bits per heavy atom. The molecule has 0 fully saturated rings. The van der Waals surface area contributed by atoms with Gasteiger partial charge in [0.2, 0.25) is 0 Å². The van der Waals surface area contributed by atoms with E-state index in [9.17, 15) is 10.2 Å². The minimum Gasteiger partial charge on any atom is -0.491 e. The molecular weight excluding hydrogens is 320 g/mol. The molecule has 2 rings (SSSR count). The highest BCUT2D eigenvalue weighted by Crippen LogP contribution is 2.18. The quantitative estimate of drug-likeness (QED) is 0.503. The van der Waals surface area contributed by atoms with E-state index in [1.165, 1.54) is 0 Å². The lowest BCUT2D eigenvalue weighted by Gasteiger charge is -2.11. The third-order valence-electron chi connectivity index (χ3n) is 3.68. The molecule has 6 N–H and O–H groups in total. The fraction of sp³-hybridized carbons (Fsp3) is 0.368. The third-order valence-corrected chi connectivity index (χ3v) is 3.68. The molecule has 0 saturated carbocycles. The zero-order chi connectivity index (χ0) is 18.1. The smallest absolute Gasteiger partial charge is 0.119 e. The minimum atomic E-state index is -0.647. The van der Waals surface area contributed by atoms with E-state index in [0.717, 1.165) is 17.5 Å². The largest absolute Gasteiger partial charge is 0.491 e. The van der Waals surface area contributed by atoms with Crippen LogP contribution >= 0.6 is 0 Å². The second-order valence-corrected chi connectivity index (χ2v) is 5.87. The highest BCUT2D eigenvalue weighted by Gasteiger charge is 2.04. The third kappa shape index (κ3) is 6.72. The lowest BCUT2D eigenvalue weighted by molar-refractivity contribution is 0.114. The van der Waals surface area contributed by atoms with Gasteiger partial charge in [-0.25, -0.2) is 0 Å². The highest BCUT2D eigenvalue weighted by molar-refractivity contribution is 5.34. The molecule has 0 aliphatic heterocycles. The van der Waals surface area contributed by atoms with Gasteiger partial charge in [0, 0.05) is 13.1 Å². The zero-order valence-electron chi connectivity index (χ0n) is 14.2. The molecule has 0 amide bonds. The molecule has 0 saturated heterocycles. The van der Waals surface area contributed by atoms with Crippen molar-refractivity contribution in [2.24, 2.45) is 11.5 Å². The molecule has 6 nitrogen and oxygen atoms in total. The molecule has 0 aromatic heterocycles. The zero-order valence-corrected chi connectivity index (χ0v) is 14.2. The first-order valence-corrected chi connectivity index (χ1v) is 8.30. The number of aliphatic hydroxyl groups is 2. The molecule has 0 heterocycles. The molecular formula is C19H26N2O4. The number of rotatable bonds is 10. The summed E-state index contributed by atoms with van der Waals surface area (Å²) in [4.78, 5) is 0. The Morgan fingerprint density at radius 2 is 1.04 bits per heavy atom. The Labute approximate surface area is 148 Å². The Morgan fingerprint density at radius 3 is 1.36 bits per heavy atom. The number of ether oxygens (including phenoxy) is 2. The summed E-state index contributed by atoms with van der Waals surface area (Å²) in [6.07, 6.45) is -0.505. The van der Waals surface area contributed by atoms with Crippen molar-refractivity contribution in [2.45, 2.75) is 18.6 Å². The molecule has 25 heavy (non-hydrogen) atoms. The maximum absolute atomic E-state index is 9.39. The van der Waals surface area contributed by atoms with Gasteiger partial charge >= 0.3 is 0 Å². The first-order chi connectivity index (χ1) is 12.1. The normalized spacial score (nSPS) is 13.3. The maximum atomic E-state index is 9.39. The average Bonchev–Trinajstić information content (AvgIpc) is 2.66. The number of nitrogens with two attached hydrogens (primary N) is 2. The van der Waals surface area contributed by atoms with Gasteiger partial charge in [-0.2, -0.15) is 0 Å². The predicted molar refractivity (Wildman–Crippen MR) is 96.8 cm³/mol. The highest BCUT2D eigenvalue weighted by atomic mass is 16.5. The molecule has 2 aromatic carbocycles. The predicted octanol–water partition coefficient (Wildman–Crippen LogP) is 0.674. The average molecular weight is 346 g/mol. The first kappa shape index (κ1) is 19.2. The summed E-state index contributed by atoms with van der Waals surface area (Å²) >= 11 is 0. The number of aliphatic hydroxyl groups excluding tert-OH is 2. The second kappa shape index (κ2) is 10.0. The van der Waals surface area contributed by atoms with Crippen LogP contribution in [0.2, 0.25) is 0 Å². The molecule has 0 radical (unpaired) electrons. The van der Waals surface area contributed by atoms with Crippen LogP contribution in [0.5, 0.6) is 11.5 Å². The van der Waals surface area contributed by atoms with Gasteiger partial charge in [0.15, 0.2) is 0 Å². The van der Waals surface area contributed by atoms with Crippen LogP contribution < -0.4 is 20.9 Å². The molecule has 136 valence electrons. The van der Waals surface area contributed by atoms with Crippen LogP contribution in [0.25, 0.3) is 0 Å². The summed E-state index contributed by atoms with van der Waals surface area (Å²) in [6, 6.07) is 15.5. The number of benzene rings is 2. The van der Waals surface area contributed by atoms with E-state index in [4.69, 9.17) is 20.9 Å². The molecule has 2 atom stereocenters. The van der Waals surface area contributed by atoms with Gasteiger partial charge in [-0.3, -0.25) is 0 Å². The fourth-order valence-corrected chi connectivity index (χ4v) is 2.16. The molecule has 0 aliphatic rings. The van der Waals surface area contributed by atoms with Crippen LogP contribution in [0.3, 0.4) is 0 Å². The summed E-state index contributed by atoms with van der Waals surface area (Å²) in [5, 5.41) is 18.8. The molecule has 0 aliphatic carbocycles. The standard InChI is InChI=1S/C19H26N2O4/c20-10-16(22)12-24-18-5-1-14(2-6-18)9-15-3-7-19(8-4-15)25-13-17(23)11-21/h1-8,16-17,22-23H,9-13,20-21H2. The Kier molecular flexibility index (Phi) is 7.69. The molecule has 2 unspecified atom stereocenters. The van der Waals surface area contributed by atoms with Gasteiger partial charge in [0.05, 0.1) is 0 Å². The van der Waals surface area contributed by atoms with Crippen LogP contribution in [0, 0.1) is 0 Å². The summed E-state index contributed by atoms with van der Waals surface area (Å²) in [7, 11) is 0. The molecule has 0 bridgehead atoms. The van der Waals surface area contributed by atoms with Crippen molar-refractivity contribution in [3.8, 4) is 11.5 Å². The van der Waals surface area contributed by atoms with E-state index >= 15 is 0 Å². The summed E-state index contributed by atoms with van der Waals surface area (Å²) in [5.41, 5.74) is 13.0. The van der Waals surface area contributed by atoms with Gasteiger partial charge in [-0.1, -0.05) is 24.3 Å². The molecule has 6 heteroatoms. The number of hydrogen-bond acceptors (Lipinski definition) is 6. The van der Waals surface area contributed by atoms with Crippen LogP contribution in [0.1, 0.15) is 11.1 Å². The van der Waals surface area contributed by atoms with Crippen LogP contribution in [0.4, 0.5) is 0 Å². The van der Waals surface area contributed by atoms with Crippen LogP contribution in [-0.2, 0) is 6.42 Å². The van der Waals surface area contributed by atoms with E-state index in [1.807, 2.05) is 48.5 Å². The number of hydrogen-bond donors (Lipinski definition) is 4. The Hall–Kier alpha value is -2.12. The van der Waals surface area contributed by atoms with Crippen molar-refractivity contribution >= 4 is 0 Å². The van der Waals surface area contributed by atoms with Crippen molar-refractivity contribution in [1.29, 1.82) is 0 Å². The van der Waals surface area contributed by atoms with Gasteiger partial charge in [-0.15, -0.1) is 0 Å². The van der Waals surface area contributed by atoms with Gasteiger partial charge in [0.25, 0.3) is 0 Å². The van der Waals surface area contributed by atoms with Crippen molar-refractivity contribution in [3.63, 3.8) is 0 Å². The van der Waals surface area contributed by atoms with E-state index < -0.39 is 12.2 Å². The fourth-order valence-electron chi connectivity index (χ4n) is 2.16. The van der Waals surface area contributed by atoms with E-state index in [-0.39, 0.29) is 26.3 Å². The van der Waals surface area contributed by atoms with Crippen molar-refractivity contribution in [3.05, 3.63) is 59.7 Å². The Bertz CT molecular complexity index is 561. The van der Waals surface area contributed by atoms with Gasteiger partial charge in [-0.05, 0) is 41.8 Å². The first-order valence-electron chi connectivity index (χ1n) is 8.30. The molecule has 0 spiro atoms.